The molecule has 8 N–H and O–H groups in total. The number of carbonyl (C=O) groups excluding carboxylic acids is 1. The topological polar surface area (TPSA) is 252 Å². The third-order valence-corrected chi connectivity index (χ3v) is 11.2. The number of carboxylic acids is 1. The number of nitrogens with one attached hydrogen (secondary N) is 1. The predicted molar refractivity (Wildman–Crippen MR) is 194 cm³/mol. The first-order valence-corrected chi connectivity index (χ1v) is 19.4. The second kappa shape index (κ2) is 19.6. The number of aliphatic hydroxyl groups is 6. The molecule has 0 aromatic heterocycles. The molecule has 0 spiro atoms. The van der Waals surface area contributed by atoms with Gasteiger partial charge < -0.3 is 74.2 Å². The molecule has 4 fully saturated rings. The van der Waals surface area contributed by atoms with Gasteiger partial charge >= 0.3 is 12.1 Å². The van der Waals surface area contributed by atoms with Gasteiger partial charge in [-0.05, 0) is 48.1 Å². The number of hydrogen-bond donors (Lipinski definition) is 8. The molecule has 4 aliphatic rings. The van der Waals surface area contributed by atoms with Crippen LogP contribution in [0.3, 0.4) is 0 Å². The van der Waals surface area contributed by atoms with Crippen molar-refractivity contribution in [2.45, 2.75) is 144 Å². The summed E-state index contributed by atoms with van der Waals surface area (Å²) in [5.41, 5.74) is 0.768. The highest BCUT2D eigenvalue weighted by atomic mass is 16.7. The largest absolute Gasteiger partial charge is 0.479 e. The van der Waals surface area contributed by atoms with E-state index in [0.717, 1.165) is 48.4 Å². The Hall–Kier alpha value is -3.04. The second-order valence-electron chi connectivity index (χ2n) is 15.2. The number of aliphatic carboxylic acids is 1. The molecule has 312 valence electrons. The predicted octanol–water partition coefficient (Wildman–Crippen LogP) is 0.701. The highest BCUT2D eigenvalue weighted by Crippen LogP contribution is 2.34. The minimum absolute atomic E-state index is 0.0184. The molecule has 0 bridgehead atoms. The smallest absolute Gasteiger partial charge is 0.407 e. The van der Waals surface area contributed by atoms with Crippen molar-refractivity contribution < 1.29 is 78.5 Å². The average Bonchev–Trinajstić information content (AvgIpc) is 3.20. The fraction of sp³-hybridized carbons (Fsp3) is 0.692. The van der Waals surface area contributed by atoms with Crippen LogP contribution in [0.25, 0.3) is 10.8 Å². The van der Waals surface area contributed by atoms with Gasteiger partial charge in [0.25, 0.3) is 0 Å². The number of amides is 1. The Morgan fingerprint density at radius 2 is 1.55 bits per heavy atom. The van der Waals surface area contributed by atoms with Gasteiger partial charge in [0.05, 0.1) is 18.8 Å². The summed E-state index contributed by atoms with van der Waals surface area (Å²) in [6, 6.07) is 13.5. The number of fused-ring (bicyclic) bond motifs is 1. The van der Waals surface area contributed by atoms with Gasteiger partial charge in [-0.25, -0.2) is 9.59 Å². The molecule has 6 rings (SSSR count). The van der Waals surface area contributed by atoms with Crippen molar-refractivity contribution in [3.05, 3.63) is 48.0 Å². The van der Waals surface area contributed by atoms with E-state index in [4.69, 9.17) is 33.2 Å². The monoisotopic (exact) mass is 793 g/mol. The second-order valence-corrected chi connectivity index (χ2v) is 15.2. The summed E-state index contributed by atoms with van der Waals surface area (Å²) < 4.78 is 41.3. The van der Waals surface area contributed by atoms with Gasteiger partial charge in [0.2, 0.25) is 0 Å². The number of aliphatic hydroxyl groups excluding tert-OH is 6. The number of carboxylic acid groups (broad SMARTS) is 1. The van der Waals surface area contributed by atoms with Crippen molar-refractivity contribution >= 4 is 22.8 Å². The van der Waals surface area contributed by atoms with Crippen molar-refractivity contribution in [1.82, 2.24) is 5.32 Å². The Bertz CT molecular complexity index is 1580. The van der Waals surface area contributed by atoms with Gasteiger partial charge in [0.15, 0.2) is 18.7 Å². The van der Waals surface area contributed by atoms with Gasteiger partial charge in [0.1, 0.15) is 61.5 Å². The zero-order chi connectivity index (χ0) is 39.9. The molecule has 3 aliphatic heterocycles. The van der Waals surface area contributed by atoms with Gasteiger partial charge in [-0.15, -0.1) is 0 Å². The molecule has 1 aliphatic carbocycles. The molecule has 1 saturated carbocycles. The Balaban J connectivity index is 1.16. The van der Waals surface area contributed by atoms with Crippen LogP contribution in [0, 0.1) is 5.92 Å². The number of hydrogen-bond acceptors (Lipinski definition) is 15. The minimum atomic E-state index is -1.74. The molecule has 17 heteroatoms. The fourth-order valence-electron chi connectivity index (χ4n) is 7.95. The lowest BCUT2D eigenvalue weighted by atomic mass is 9.85. The first-order chi connectivity index (χ1) is 26.9. The molecular formula is C39H55NO16. The molecule has 1 amide bonds. The SMILES string of the molecule is C[C@H]1O[C@H](O[C@H]2C(CNC(=O)OCc3ccc4ccccc4c3)OCC[C@@H]2O[C@H]2O[C@@H](CO)[C@@H](O)[C@H](O[C@@H](CC3CCCCC3)C(=O)O)[C@H]2O)[C@@H](O)[C@H](O)[C@H]1O. The van der Waals surface area contributed by atoms with E-state index < -0.39 is 104 Å². The summed E-state index contributed by atoms with van der Waals surface area (Å²) in [5, 5.41) is 79.0. The highest BCUT2D eigenvalue weighted by molar-refractivity contribution is 5.83. The number of carbonyl (C=O) groups is 2. The molecule has 2 aromatic rings. The molecular weight excluding hydrogens is 738 g/mol. The van der Waals surface area contributed by atoms with Crippen molar-refractivity contribution in [1.29, 1.82) is 0 Å². The van der Waals surface area contributed by atoms with E-state index in [2.05, 4.69) is 5.32 Å². The van der Waals surface area contributed by atoms with E-state index in [-0.39, 0.29) is 38.5 Å². The summed E-state index contributed by atoms with van der Waals surface area (Å²) in [5.74, 6) is -1.16. The summed E-state index contributed by atoms with van der Waals surface area (Å²) in [6.07, 6.45) is -15.3. The lowest BCUT2D eigenvalue weighted by Crippen LogP contribution is -2.64. The zero-order valence-electron chi connectivity index (χ0n) is 31.3. The number of rotatable bonds is 14. The van der Waals surface area contributed by atoms with Crippen LogP contribution in [0.2, 0.25) is 0 Å². The van der Waals surface area contributed by atoms with Crippen LogP contribution in [0.4, 0.5) is 4.79 Å². The third-order valence-electron chi connectivity index (χ3n) is 11.2. The Morgan fingerprint density at radius 3 is 2.29 bits per heavy atom. The zero-order valence-corrected chi connectivity index (χ0v) is 31.3. The lowest BCUT2D eigenvalue weighted by Gasteiger charge is -2.47. The quantitative estimate of drug-likeness (QED) is 0.131. The summed E-state index contributed by atoms with van der Waals surface area (Å²) in [4.78, 5) is 25.2. The van der Waals surface area contributed by atoms with Crippen LogP contribution in [0.15, 0.2) is 42.5 Å². The van der Waals surface area contributed by atoms with Crippen LogP contribution >= 0.6 is 0 Å². The maximum atomic E-state index is 12.9. The summed E-state index contributed by atoms with van der Waals surface area (Å²) in [6.45, 7) is 0.624. The summed E-state index contributed by atoms with van der Waals surface area (Å²) in [7, 11) is 0. The van der Waals surface area contributed by atoms with Gasteiger partial charge in [-0.3, -0.25) is 0 Å². The Kier molecular flexibility index (Phi) is 14.9. The first kappa shape index (κ1) is 42.6. The number of ether oxygens (including phenoxy) is 7. The highest BCUT2D eigenvalue weighted by Gasteiger charge is 2.51. The molecule has 56 heavy (non-hydrogen) atoms. The van der Waals surface area contributed by atoms with E-state index >= 15 is 0 Å². The first-order valence-electron chi connectivity index (χ1n) is 19.4. The maximum absolute atomic E-state index is 12.9. The van der Waals surface area contributed by atoms with Crippen molar-refractivity contribution in [2.24, 2.45) is 5.92 Å². The van der Waals surface area contributed by atoms with Crippen molar-refractivity contribution in [3.63, 3.8) is 0 Å². The van der Waals surface area contributed by atoms with E-state index in [1.807, 2.05) is 42.5 Å². The molecule has 3 saturated heterocycles. The van der Waals surface area contributed by atoms with E-state index in [0.29, 0.717) is 0 Å². The van der Waals surface area contributed by atoms with Crippen molar-refractivity contribution in [2.75, 3.05) is 19.8 Å². The van der Waals surface area contributed by atoms with Crippen LogP contribution in [0.1, 0.15) is 57.4 Å². The fourth-order valence-corrected chi connectivity index (χ4v) is 7.95. The van der Waals surface area contributed by atoms with E-state index in [1.54, 1.807) is 0 Å². The minimum Gasteiger partial charge on any atom is -0.479 e. The van der Waals surface area contributed by atoms with Crippen molar-refractivity contribution in [3.8, 4) is 0 Å². The Morgan fingerprint density at radius 1 is 0.821 bits per heavy atom. The maximum Gasteiger partial charge on any atom is 0.407 e. The van der Waals surface area contributed by atoms with E-state index in [1.165, 1.54) is 6.92 Å². The lowest BCUT2D eigenvalue weighted by molar-refractivity contribution is -0.355. The molecule has 2 aromatic carbocycles. The third kappa shape index (κ3) is 10.3. The van der Waals surface area contributed by atoms with Gasteiger partial charge in [-0.1, -0.05) is 68.5 Å². The summed E-state index contributed by atoms with van der Waals surface area (Å²) >= 11 is 0. The van der Waals surface area contributed by atoms with Crippen LogP contribution in [-0.4, -0.2) is 153 Å². The number of benzene rings is 2. The van der Waals surface area contributed by atoms with E-state index in [9.17, 15) is 45.3 Å². The molecule has 3 heterocycles. The van der Waals surface area contributed by atoms with Crippen LogP contribution < -0.4 is 5.32 Å². The average molecular weight is 794 g/mol. The molecule has 1 unspecified atom stereocenters. The molecule has 14 atom stereocenters. The normalized spacial score (nSPS) is 36.2. The Labute approximate surface area is 324 Å². The van der Waals surface area contributed by atoms with Gasteiger partial charge in [0, 0.05) is 13.2 Å². The molecule has 17 nitrogen and oxygen atoms in total. The molecule has 0 radical (unpaired) electrons. The standard InChI is InChI=1S/C39H55NO16/c1-20-29(42)31(44)32(45)37(52-20)56-34-25(13-14-50-27(34)17-40-39(49)51-19-22-11-12-23-9-5-6-10-24(23)15-22)54-38-33(46)35(30(43)28(18-41)55-38)53-26(36(47)48)16-21-7-3-2-4-8-21/h5-6,9-12,15,20-21,25-35,37-38,41-46H,2-4,7-8,13-14,16-19H2,1H3,(H,40,49)(H,47,48)/t20-,25+,26+,27?,28+,29+,30-,31-,32+,33-,34-,35+,37-,38+/m1/s1. The van der Waals surface area contributed by atoms with Gasteiger partial charge in [-0.2, -0.15) is 0 Å². The van der Waals surface area contributed by atoms with Crippen LogP contribution in [-0.2, 0) is 44.6 Å². The number of alkyl carbamates (subject to hydrolysis) is 1. The van der Waals surface area contributed by atoms with Crippen LogP contribution in [0.5, 0.6) is 0 Å².